The summed E-state index contributed by atoms with van der Waals surface area (Å²) >= 11 is 0. The summed E-state index contributed by atoms with van der Waals surface area (Å²) in [5.41, 5.74) is 2.16. The van der Waals surface area contributed by atoms with Gasteiger partial charge in [-0.3, -0.25) is 4.90 Å². The van der Waals surface area contributed by atoms with Crippen LogP contribution >= 0.6 is 0 Å². The topological polar surface area (TPSA) is 62.9 Å². The highest BCUT2D eigenvalue weighted by Gasteiger charge is 2.23. The Kier molecular flexibility index (Phi) is 6.49. The van der Waals surface area contributed by atoms with Gasteiger partial charge in [-0.15, -0.1) is 0 Å². The van der Waals surface area contributed by atoms with Crippen LogP contribution in [0.5, 0.6) is 5.75 Å². The second-order valence-electron chi connectivity index (χ2n) is 7.34. The van der Waals surface area contributed by atoms with E-state index in [1.165, 1.54) is 0 Å². The van der Waals surface area contributed by atoms with E-state index in [0.29, 0.717) is 24.4 Å². The van der Waals surface area contributed by atoms with Crippen LogP contribution in [0.15, 0.2) is 63.8 Å². The van der Waals surface area contributed by atoms with Crippen LogP contribution in [0.1, 0.15) is 25.0 Å². The van der Waals surface area contributed by atoms with Crippen molar-refractivity contribution in [1.82, 2.24) is 4.90 Å². The average molecular weight is 381 g/mol. The van der Waals surface area contributed by atoms with Gasteiger partial charge >= 0.3 is 5.63 Å². The number of benzene rings is 2. The molecule has 0 aliphatic heterocycles. The monoisotopic (exact) mass is 381 g/mol. The molecular formula is C23H27NO4. The summed E-state index contributed by atoms with van der Waals surface area (Å²) in [6.07, 6.45) is 0. The van der Waals surface area contributed by atoms with Gasteiger partial charge in [0, 0.05) is 36.7 Å². The van der Waals surface area contributed by atoms with Crippen LogP contribution < -0.4 is 10.4 Å². The van der Waals surface area contributed by atoms with Crippen LogP contribution in [0, 0.1) is 5.92 Å². The zero-order valence-electron chi connectivity index (χ0n) is 16.6. The first-order valence-electron chi connectivity index (χ1n) is 9.51. The number of aliphatic hydroxyl groups is 1. The molecule has 148 valence electrons. The Morgan fingerprint density at radius 2 is 1.82 bits per heavy atom. The maximum Gasteiger partial charge on any atom is 0.336 e. The molecule has 5 heteroatoms. The number of nitrogens with zero attached hydrogens (tertiary/aromatic N) is 1. The van der Waals surface area contributed by atoms with Gasteiger partial charge < -0.3 is 14.3 Å². The molecule has 0 saturated carbocycles. The van der Waals surface area contributed by atoms with E-state index >= 15 is 0 Å². The Balaban J connectivity index is 2.01. The largest absolute Gasteiger partial charge is 0.497 e. The fraction of sp³-hybridized carbons (Fsp3) is 0.348. The Morgan fingerprint density at radius 3 is 2.46 bits per heavy atom. The maximum atomic E-state index is 12.1. The van der Waals surface area contributed by atoms with Gasteiger partial charge in [-0.1, -0.05) is 44.2 Å². The van der Waals surface area contributed by atoms with Crippen molar-refractivity contribution in [3.05, 3.63) is 76.1 Å². The summed E-state index contributed by atoms with van der Waals surface area (Å²) in [7, 11) is 1.58. The molecule has 0 amide bonds. The molecule has 0 fully saturated rings. The minimum atomic E-state index is -0.388. The van der Waals surface area contributed by atoms with Crippen molar-refractivity contribution < 1.29 is 14.3 Å². The average Bonchev–Trinajstić information content (AvgIpc) is 2.68. The van der Waals surface area contributed by atoms with Gasteiger partial charge in [-0.25, -0.2) is 4.79 Å². The first kappa shape index (κ1) is 20.1. The van der Waals surface area contributed by atoms with Crippen LogP contribution in [-0.2, 0) is 13.1 Å². The van der Waals surface area contributed by atoms with Gasteiger partial charge in [0.1, 0.15) is 11.3 Å². The second kappa shape index (κ2) is 9.04. The van der Waals surface area contributed by atoms with Crippen LogP contribution in [0.3, 0.4) is 0 Å². The molecule has 0 aliphatic rings. The van der Waals surface area contributed by atoms with Crippen molar-refractivity contribution in [3.8, 4) is 5.75 Å². The Morgan fingerprint density at radius 1 is 1.07 bits per heavy atom. The summed E-state index contributed by atoms with van der Waals surface area (Å²) in [4.78, 5) is 14.4. The van der Waals surface area contributed by atoms with Crippen molar-refractivity contribution >= 4 is 11.0 Å². The van der Waals surface area contributed by atoms with Gasteiger partial charge in [-0.2, -0.15) is 0 Å². The fourth-order valence-electron chi connectivity index (χ4n) is 3.54. The summed E-state index contributed by atoms with van der Waals surface area (Å²) in [6.45, 7) is 5.47. The van der Waals surface area contributed by atoms with Crippen LogP contribution in [0.4, 0.5) is 0 Å². The normalized spacial score (nSPS) is 12.6. The molecule has 5 nitrogen and oxygen atoms in total. The molecule has 1 unspecified atom stereocenters. The van der Waals surface area contributed by atoms with Gasteiger partial charge in [0.2, 0.25) is 0 Å². The summed E-state index contributed by atoms with van der Waals surface area (Å²) in [6, 6.07) is 17.2. The highest BCUT2D eigenvalue weighted by molar-refractivity contribution is 5.81. The Bertz CT molecular complexity index is 965. The number of rotatable bonds is 8. The minimum Gasteiger partial charge on any atom is -0.497 e. The molecule has 28 heavy (non-hydrogen) atoms. The van der Waals surface area contributed by atoms with Crippen molar-refractivity contribution in [1.29, 1.82) is 0 Å². The van der Waals surface area contributed by atoms with Gasteiger partial charge in [-0.05, 0) is 29.2 Å². The highest BCUT2D eigenvalue weighted by Crippen LogP contribution is 2.25. The lowest BCUT2D eigenvalue weighted by Gasteiger charge is -2.33. The quantitative estimate of drug-likeness (QED) is 0.601. The number of methoxy groups -OCH3 is 1. The summed E-state index contributed by atoms with van der Waals surface area (Å²) < 4.78 is 10.6. The van der Waals surface area contributed by atoms with E-state index in [0.717, 1.165) is 16.5 Å². The van der Waals surface area contributed by atoms with Crippen molar-refractivity contribution in [2.45, 2.75) is 33.0 Å². The van der Waals surface area contributed by atoms with E-state index < -0.39 is 0 Å². The van der Waals surface area contributed by atoms with E-state index in [1.807, 2.05) is 30.3 Å². The molecule has 0 aliphatic carbocycles. The zero-order chi connectivity index (χ0) is 20.1. The Hall–Kier alpha value is -2.63. The molecule has 3 rings (SSSR count). The molecule has 0 bridgehead atoms. The lowest BCUT2D eigenvalue weighted by molar-refractivity contribution is 0.0787. The fourth-order valence-corrected chi connectivity index (χ4v) is 3.54. The molecule has 0 spiro atoms. The number of fused-ring (bicyclic) bond motifs is 1. The van der Waals surface area contributed by atoms with E-state index in [1.54, 1.807) is 19.2 Å². The molecule has 0 radical (unpaired) electrons. The lowest BCUT2D eigenvalue weighted by atomic mass is 10.0. The van der Waals surface area contributed by atoms with E-state index in [9.17, 15) is 9.90 Å². The van der Waals surface area contributed by atoms with Crippen molar-refractivity contribution in [2.24, 2.45) is 5.92 Å². The first-order valence-corrected chi connectivity index (χ1v) is 9.51. The maximum absolute atomic E-state index is 12.1. The molecule has 2 aromatic carbocycles. The third kappa shape index (κ3) is 4.61. The molecule has 3 aromatic rings. The number of hydrogen-bond acceptors (Lipinski definition) is 5. The molecule has 1 heterocycles. The number of ether oxygens (including phenoxy) is 1. The van der Waals surface area contributed by atoms with Crippen LogP contribution in [-0.4, -0.2) is 29.8 Å². The third-order valence-electron chi connectivity index (χ3n) is 5.06. The predicted molar refractivity (Wildman–Crippen MR) is 110 cm³/mol. The van der Waals surface area contributed by atoms with Gasteiger partial charge in [0.25, 0.3) is 0 Å². The molecule has 1 aromatic heterocycles. The van der Waals surface area contributed by atoms with Crippen molar-refractivity contribution in [3.63, 3.8) is 0 Å². The SMILES string of the molecule is COc1ccc2c(CN(Cc3ccccc3)C(CO)C(C)C)cc(=O)oc2c1. The minimum absolute atomic E-state index is 0.0271. The van der Waals surface area contributed by atoms with Gasteiger partial charge in [0.15, 0.2) is 0 Å². The molecule has 1 N–H and O–H groups in total. The first-order chi connectivity index (χ1) is 13.5. The Labute approximate surface area is 165 Å². The molecule has 0 saturated heterocycles. The molecular weight excluding hydrogens is 354 g/mol. The third-order valence-corrected chi connectivity index (χ3v) is 5.06. The van der Waals surface area contributed by atoms with E-state index in [2.05, 4.69) is 30.9 Å². The number of hydrogen-bond donors (Lipinski definition) is 1. The second-order valence-corrected chi connectivity index (χ2v) is 7.34. The van der Waals surface area contributed by atoms with Crippen molar-refractivity contribution in [2.75, 3.05) is 13.7 Å². The molecule has 1 atom stereocenters. The standard InChI is InChI=1S/C23H27NO4/c1-16(2)21(15-25)24(13-17-7-5-4-6-8-17)14-18-11-23(26)28-22-12-19(27-3)9-10-20(18)22/h4-12,16,21,25H,13-15H2,1-3H3. The number of aliphatic hydroxyl groups excluding tert-OH is 1. The summed E-state index contributed by atoms with van der Waals surface area (Å²) in [5.74, 6) is 0.907. The summed E-state index contributed by atoms with van der Waals surface area (Å²) in [5, 5.41) is 10.9. The van der Waals surface area contributed by atoms with E-state index in [4.69, 9.17) is 9.15 Å². The lowest BCUT2D eigenvalue weighted by Crippen LogP contribution is -2.40. The smallest absolute Gasteiger partial charge is 0.336 e. The highest BCUT2D eigenvalue weighted by atomic mass is 16.5. The van der Waals surface area contributed by atoms with Gasteiger partial charge in [0.05, 0.1) is 13.7 Å². The predicted octanol–water partition coefficient (Wildman–Crippen LogP) is 3.82. The van der Waals surface area contributed by atoms with E-state index in [-0.39, 0.29) is 24.2 Å². The van der Waals surface area contributed by atoms with Crippen LogP contribution in [0.25, 0.3) is 11.0 Å². The zero-order valence-corrected chi connectivity index (χ0v) is 16.6. The van der Waals surface area contributed by atoms with Crippen LogP contribution in [0.2, 0.25) is 0 Å².